The molecule has 1 aromatic rings. The van der Waals surface area contributed by atoms with Crippen LogP contribution in [-0.2, 0) is 4.74 Å². The number of carbonyl (C=O) groups is 1. The molecule has 2 saturated heterocycles. The first-order valence-electron chi connectivity index (χ1n) is 9.19. The van der Waals surface area contributed by atoms with Gasteiger partial charge in [-0.25, -0.2) is 4.79 Å². The van der Waals surface area contributed by atoms with Gasteiger partial charge >= 0.3 is 6.03 Å². The second kappa shape index (κ2) is 8.54. The van der Waals surface area contributed by atoms with Gasteiger partial charge in [-0.05, 0) is 45.4 Å². The molecule has 0 spiro atoms. The maximum atomic E-state index is 12.0. The Morgan fingerprint density at radius 3 is 3.00 bits per heavy atom. The maximum absolute atomic E-state index is 12.0. The van der Waals surface area contributed by atoms with E-state index in [0.717, 1.165) is 25.4 Å². The van der Waals surface area contributed by atoms with E-state index in [9.17, 15) is 4.79 Å². The van der Waals surface area contributed by atoms with Gasteiger partial charge in [0, 0.05) is 19.1 Å². The van der Waals surface area contributed by atoms with Crippen LogP contribution in [-0.4, -0.2) is 62.0 Å². The lowest BCUT2D eigenvalue weighted by Gasteiger charge is -2.35. The molecule has 1 aromatic carbocycles. The summed E-state index contributed by atoms with van der Waals surface area (Å²) in [5.74, 6) is 0.815. The van der Waals surface area contributed by atoms with Gasteiger partial charge in [-0.3, -0.25) is 4.90 Å². The van der Waals surface area contributed by atoms with Crippen LogP contribution in [0.1, 0.15) is 25.3 Å². The van der Waals surface area contributed by atoms with E-state index >= 15 is 0 Å². The van der Waals surface area contributed by atoms with Crippen molar-refractivity contribution < 1.29 is 14.3 Å². The standard InChI is InChI=1S/C19H29N3O3/c1-14-5-7-17(8-6-14)24-12-15(2)21-19(23)20-10-18-11-22-9-3-4-16(22)13-25-18/h5-8,15-16,18H,3-4,9-13H2,1-2H3,(H2,20,21,23)/t15-,16-,18+/m0/s1. The van der Waals surface area contributed by atoms with Gasteiger partial charge in [0.2, 0.25) is 0 Å². The molecule has 0 bridgehead atoms. The summed E-state index contributed by atoms with van der Waals surface area (Å²) in [6.45, 7) is 7.81. The summed E-state index contributed by atoms with van der Waals surface area (Å²) < 4.78 is 11.5. The Bertz CT molecular complexity index is 564. The molecule has 2 fully saturated rings. The van der Waals surface area contributed by atoms with Crippen molar-refractivity contribution in [1.82, 2.24) is 15.5 Å². The lowest BCUT2D eigenvalue weighted by atomic mass is 10.2. The van der Waals surface area contributed by atoms with Gasteiger partial charge in [-0.1, -0.05) is 17.7 Å². The summed E-state index contributed by atoms with van der Waals surface area (Å²) in [6.07, 6.45) is 2.57. The Morgan fingerprint density at radius 1 is 1.40 bits per heavy atom. The van der Waals surface area contributed by atoms with Crippen LogP contribution in [0.4, 0.5) is 4.79 Å². The van der Waals surface area contributed by atoms with Crippen LogP contribution < -0.4 is 15.4 Å². The second-order valence-electron chi connectivity index (χ2n) is 7.13. The van der Waals surface area contributed by atoms with E-state index in [1.165, 1.54) is 18.4 Å². The summed E-state index contributed by atoms with van der Waals surface area (Å²) in [5.41, 5.74) is 1.20. The fourth-order valence-electron chi connectivity index (χ4n) is 3.39. The average molecular weight is 347 g/mol. The number of carbonyl (C=O) groups excluding carboxylic acids is 1. The van der Waals surface area contributed by atoms with Gasteiger partial charge in [0.15, 0.2) is 0 Å². The van der Waals surface area contributed by atoms with Gasteiger partial charge in [0.05, 0.1) is 18.8 Å². The third kappa shape index (κ3) is 5.34. The molecule has 6 heteroatoms. The average Bonchev–Trinajstić information content (AvgIpc) is 3.07. The number of nitrogens with one attached hydrogen (secondary N) is 2. The smallest absolute Gasteiger partial charge is 0.315 e. The molecule has 3 rings (SSSR count). The number of fused-ring (bicyclic) bond motifs is 1. The fourth-order valence-corrected chi connectivity index (χ4v) is 3.39. The maximum Gasteiger partial charge on any atom is 0.315 e. The molecule has 2 amide bonds. The summed E-state index contributed by atoms with van der Waals surface area (Å²) >= 11 is 0. The van der Waals surface area contributed by atoms with Crippen LogP contribution in [0.3, 0.4) is 0 Å². The zero-order chi connectivity index (χ0) is 17.6. The van der Waals surface area contributed by atoms with E-state index in [2.05, 4.69) is 15.5 Å². The van der Waals surface area contributed by atoms with Gasteiger partial charge < -0.3 is 20.1 Å². The predicted octanol–water partition coefficient (Wildman–Crippen LogP) is 1.92. The lowest BCUT2D eigenvalue weighted by Crippen LogP contribution is -2.52. The monoisotopic (exact) mass is 347 g/mol. The van der Waals surface area contributed by atoms with E-state index in [0.29, 0.717) is 19.2 Å². The topological polar surface area (TPSA) is 62.8 Å². The van der Waals surface area contributed by atoms with Crippen molar-refractivity contribution >= 4 is 6.03 Å². The Morgan fingerprint density at radius 2 is 2.20 bits per heavy atom. The largest absolute Gasteiger partial charge is 0.491 e. The van der Waals surface area contributed by atoms with E-state index in [-0.39, 0.29) is 18.2 Å². The van der Waals surface area contributed by atoms with E-state index in [1.54, 1.807) is 0 Å². The normalized spacial score (nSPS) is 24.4. The van der Waals surface area contributed by atoms with Crippen LogP contribution in [0.25, 0.3) is 0 Å². The number of hydrogen-bond acceptors (Lipinski definition) is 4. The van der Waals surface area contributed by atoms with Gasteiger partial charge in [-0.15, -0.1) is 0 Å². The first-order valence-corrected chi connectivity index (χ1v) is 9.19. The Hall–Kier alpha value is -1.79. The summed E-state index contributed by atoms with van der Waals surface area (Å²) in [5, 5.41) is 5.81. The molecule has 2 heterocycles. The molecular formula is C19H29N3O3. The summed E-state index contributed by atoms with van der Waals surface area (Å²) in [4.78, 5) is 14.5. The van der Waals surface area contributed by atoms with Crippen LogP contribution in [0, 0.1) is 6.92 Å². The number of amides is 2. The van der Waals surface area contributed by atoms with Crippen molar-refractivity contribution in [3.63, 3.8) is 0 Å². The van der Waals surface area contributed by atoms with E-state index in [4.69, 9.17) is 9.47 Å². The van der Waals surface area contributed by atoms with Crippen LogP contribution in [0.2, 0.25) is 0 Å². The van der Waals surface area contributed by atoms with Crippen LogP contribution >= 0.6 is 0 Å². The molecule has 2 aliphatic rings. The highest BCUT2D eigenvalue weighted by atomic mass is 16.5. The molecule has 0 aliphatic carbocycles. The first kappa shape index (κ1) is 18.0. The van der Waals surface area contributed by atoms with Gasteiger partial charge in [-0.2, -0.15) is 0 Å². The quantitative estimate of drug-likeness (QED) is 0.825. The van der Waals surface area contributed by atoms with Crippen LogP contribution in [0.15, 0.2) is 24.3 Å². The molecule has 0 radical (unpaired) electrons. The molecule has 0 saturated carbocycles. The molecular weight excluding hydrogens is 318 g/mol. The number of benzene rings is 1. The SMILES string of the molecule is Cc1ccc(OC[C@H](C)NC(=O)NC[C@@H]2CN3CCC[C@H]3CO2)cc1. The van der Waals surface area contributed by atoms with Gasteiger partial charge in [0.25, 0.3) is 0 Å². The Kier molecular flexibility index (Phi) is 6.15. The van der Waals surface area contributed by atoms with Crippen molar-refractivity contribution in [3.8, 4) is 5.75 Å². The summed E-state index contributed by atoms with van der Waals surface area (Å²) in [6, 6.07) is 8.24. The number of nitrogens with zero attached hydrogens (tertiary/aromatic N) is 1. The highest BCUT2D eigenvalue weighted by Crippen LogP contribution is 2.22. The zero-order valence-corrected chi connectivity index (χ0v) is 15.2. The Balaban J connectivity index is 1.32. The highest BCUT2D eigenvalue weighted by molar-refractivity contribution is 5.74. The van der Waals surface area contributed by atoms with Crippen molar-refractivity contribution in [2.45, 2.75) is 44.9 Å². The minimum absolute atomic E-state index is 0.0726. The number of ether oxygens (including phenoxy) is 2. The van der Waals surface area contributed by atoms with Crippen molar-refractivity contribution in [3.05, 3.63) is 29.8 Å². The second-order valence-corrected chi connectivity index (χ2v) is 7.13. The highest BCUT2D eigenvalue weighted by Gasteiger charge is 2.32. The minimum Gasteiger partial charge on any atom is -0.491 e. The summed E-state index contributed by atoms with van der Waals surface area (Å²) in [7, 11) is 0. The molecule has 6 nitrogen and oxygen atoms in total. The third-order valence-corrected chi connectivity index (χ3v) is 4.85. The number of urea groups is 1. The van der Waals surface area contributed by atoms with Crippen molar-refractivity contribution in [2.24, 2.45) is 0 Å². The van der Waals surface area contributed by atoms with E-state index in [1.807, 2.05) is 38.1 Å². The van der Waals surface area contributed by atoms with Crippen molar-refractivity contribution in [2.75, 3.05) is 32.8 Å². The zero-order valence-electron chi connectivity index (χ0n) is 15.2. The Labute approximate surface area is 149 Å². The molecule has 138 valence electrons. The molecule has 25 heavy (non-hydrogen) atoms. The van der Waals surface area contributed by atoms with Gasteiger partial charge in [0.1, 0.15) is 12.4 Å². The third-order valence-electron chi connectivity index (χ3n) is 4.85. The first-order chi connectivity index (χ1) is 12.1. The van der Waals surface area contributed by atoms with E-state index < -0.39 is 0 Å². The lowest BCUT2D eigenvalue weighted by molar-refractivity contribution is -0.0458. The molecule has 3 atom stereocenters. The van der Waals surface area contributed by atoms with Crippen LogP contribution in [0.5, 0.6) is 5.75 Å². The molecule has 2 aliphatic heterocycles. The fraction of sp³-hybridized carbons (Fsp3) is 0.632. The molecule has 0 aromatic heterocycles. The predicted molar refractivity (Wildman–Crippen MR) is 97.0 cm³/mol. The number of hydrogen-bond donors (Lipinski definition) is 2. The molecule has 0 unspecified atom stereocenters. The number of morpholine rings is 1. The van der Waals surface area contributed by atoms with Crippen molar-refractivity contribution in [1.29, 1.82) is 0 Å². The molecule has 2 N–H and O–H groups in total. The number of aryl methyl sites for hydroxylation is 1. The minimum atomic E-state index is -0.174. The number of rotatable bonds is 6.